The van der Waals surface area contributed by atoms with E-state index in [4.69, 9.17) is 0 Å². The molecule has 1 N–H and O–H groups in total. The molecule has 0 aromatic rings. The number of amides is 1. The minimum Gasteiger partial charge on any atom is -0.344 e. The van der Waals surface area contributed by atoms with E-state index in [0.29, 0.717) is 11.8 Å². The predicted molar refractivity (Wildman–Crippen MR) is 43.9 cm³/mol. The monoisotopic (exact) mass is 159 g/mol. The van der Waals surface area contributed by atoms with Crippen molar-refractivity contribution >= 4 is 17.7 Å². The van der Waals surface area contributed by atoms with Crippen LogP contribution in [0.25, 0.3) is 0 Å². The lowest BCUT2D eigenvalue weighted by Crippen LogP contribution is -2.47. The van der Waals surface area contributed by atoms with E-state index < -0.39 is 0 Å². The standard InChI is InChI=1S/C7H13NOS/c1-7(2,3)10-6-4-5(9)8-6/h6H,4H2,1-3H3,(H,8,9). The Bertz CT molecular complexity index is 142. The zero-order chi connectivity index (χ0) is 7.78. The number of nitrogens with one attached hydrogen (secondary N) is 1. The maximum Gasteiger partial charge on any atom is 0.223 e. The quantitative estimate of drug-likeness (QED) is 0.585. The molecular formula is C7H13NOS. The minimum absolute atomic E-state index is 0.182. The zero-order valence-corrected chi connectivity index (χ0v) is 7.42. The first-order chi connectivity index (χ1) is 4.47. The van der Waals surface area contributed by atoms with Crippen molar-refractivity contribution in [3.05, 3.63) is 0 Å². The molecular weight excluding hydrogens is 146 g/mol. The van der Waals surface area contributed by atoms with E-state index in [1.165, 1.54) is 0 Å². The van der Waals surface area contributed by atoms with Crippen LogP contribution in [0.4, 0.5) is 0 Å². The summed E-state index contributed by atoms with van der Waals surface area (Å²) in [7, 11) is 0. The summed E-state index contributed by atoms with van der Waals surface area (Å²) in [5.74, 6) is 0.182. The van der Waals surface area contributed by atoms with Gasteiger partial charge >= 0.3 is 0 Å². The van der Waals surface area contributed by atoms with Crippen LogP contribution in [-0.4, -0.2) is 16.0 Å². The minimum atomic E-state index is 0.182. The molecule has 0 spiro atoms. The molecule has 0 aliphatic carbocycles. The number of hydrogen-bond donors (Lipinski definition) is 1. The second-order valence-electron chi connectivity index (χ2n) is 3.49. The molecule has 1 fully saturated rings. The summed E-state index contributed by atoms with van der Waals surface area (Å²) >= 11 is 1.82. The number of β-lactam (4-membered cyclic amide) rings is 1. The largest absolute Gasteiger partial charge is 0.344 e. The van der Waals surface area contributed by atoms with Crippen molar-refractivity contribution in [3.8, 4) is 0 Å². The van der Waals surface area contributed by atoms with Gasteiger partial charge in [-0.2, -0.15) is 0 Å². The van der Waals surface area contributed by atoms with Gasteiger partial charge in [0.25, 0.3) is 0 Å². The van der Waals surface area contributed by atoms with E-state index in [0.717, 1.165) is 0 Å². The first-order valence-electron chi connectivity index (χ1n) is 3.44. The molecule has 2 nitrogen and oxygen atoms in total. The fourth-order valence-electron chi connectivity index (χ4n) is 0.825. The number of rotatable bonds is 1. The Balaban J connectivity index is 2.22. The van der Waals surface area contributed by atoms with Crippen LogP contribution >= 0.6 is 11.8 Å². The third-order valence-corrected chi connectivity index (χ3v) is 2.46. The Kier molecular flexibility index (Phi) is 1.95. The molecule has 10 heavy (non-hydrogen) atoms. The van der Waals surface area contributed by atoms with E-state index in [1.54, 1.807) is 0 Å². The molecule has 1 heterocycles. The topological polar surface area (TPSA) is 29.1 Å². The van der Waals surface area contributed by atoms with Crippen molar-refractivity contribution in [2.24, 2.45) is 0 Å². The normalized spacial score (nSPS) is 25.5. The Labute approximate surface area is 65.8 Å². The third kappa shape index (κ3) is 2.21. The summed E-state index contributed by atoms with van der Waals surface area (Å²) in [5.41, 5.74) is 0. The van der Waals surface area contributed by atoms with Crippen LogP contribution in [0, 0.1) is 0 Å². The van der Waals surface area contributed by atoms with Gasteiger partial charge in [0.1, 0.15) is 0 Å². The lowest BCUT2D eigenvalue weighted by atomic mass is 10.2. The highest BCUT2D eigenvalue weighted by Crippen LogP contribution is 2.31. The molecule has 0 saturated carbocycles. The molecule has 1 amide bonds. The molecule has 3 heteroatoms. The smallest absolute Gasteiger partial charge is 0.223 e. The van der Waals surface area contributed by atoms with E-state index in [9.17, 15) is 4.79 Å². The van der Waals surface area contributed by atoms with Crippen LogP contribution in [0.3, 0.4) is 0 Å². The van der Waals surface area contributed by atoms with E-state index in [2.05, 4.69) is 26.1 Å². The summed E-state index contributed by atoms with van der Waals surface area (Å²) in [5, 5.41) is 3.19. The number of hydrogen-bond acceptors (Lipinski definition) is 2. The molecule has 1 atom stereocenters. The number of carbonyl (C=O) groups excluding carboxylic acids is 1. The molecule has 58 valence electrons. The second kappa shape index (κ2) is 2.46. The molecule has 1 saturated heterocycles. The molecule has 1 rings (SSSR count). The Hall–Kier alpha value is -0.180. The van der Waals surface area contributed by atoms with E-state index in [1.807, 2.05) is 11.8 Å². The fraction of sp³-hybridized carbons (Fsp3) is 0.857. The molecule has 1 aliphatic rings. The van der Waals surface area contributed by atoms with Gasteiger partial charge in [0, 0.05) is 4.75 Å². The molecule has 0 radical (unpaired) electrons. The second-order valence-corrected chi connectivity index (χ2v) is 5.52. The van der Waals surface area contributed by atoms with Gasteiger partial charge in [-0.25, -0.2) is 0 Å². The predicted octanol–water partition coefficient (Wildman–Crippen LogP) is 1.36. The van der Waals surface area contributed by atoms with Crippen LogP contribution in [0.15, 0.2) is 0 Å². The SMILES string of the molecule is CC(C)(C)SC1CC(=O)N1. The van der Waals surface area contributed by atoms with Crippen molar-refractivity contribution in [1.82, 2.24) is 5.32 Å². The van der Waals surface area contributed by atoms with Crippen molar-refractivity contribution in [1.29, 1.82) is 0 Å². The van der Waals surface area contributed by atoms with Crippen LogP contribution in [0.5, 0.6) is 0 Å². The van der Waals surface area contributed by atoms with Crippen molar-refractivity contribution in [2.45, 2.75) is 37.3 Å². The molecule has 0 aromatic carbocycles. The van der Waals surface area contributed by atoms with Gasteiger partial charge in [0.2, 0.25) is 5.91 Å². The first-order valence-corrected chi connectivity index (χ1v) is 4.32. The van der Waals surface area contributed by atoms with Gasteiger partial charge in [-0.3, -0.25) is 4.79 Å². The average Bonchev–Trinajstić information content (AvgIpc) is 1.57. The fourth-order valence-corrected chi connectivity index (χ4v) is 2.10. The maximum atomic E-state index is 10.5. The summed E-state index contributed by atoms with van der Waals surface area (Å²) in [4.78, 5) is 10.5. The summed E-state index contributed by atoms with van der Waals surface area (Å²) < 4.78 is 0.262. The highest BCUT2D eigenvalue weighted by Gasteiger charge is 2.29. The Morgan fingerprint density at radius 2 is 2.10 bits per heavy atom. The summed E-state index contributed by atoms with van der Waals surface area (Å²) in [6, 6.07) is 0. The van der Waals surface area contributed by atoms with Crippen LogP contribution in [0.1, 0.15) is 27.2 Å². The van der Waals surface area contributed by atoms with Gasteiger partial charge < -0.3 is 5.32 Å². The van der Waals surface area contributed by atoms with Crippen molar-refractivity contribution in [2.75, 3.05) is 0 Å². The highest BCUT2D eigenvalue weighted by atomic mass is 32.2. The third-order valence-electron chi connectivity index (χ3n) is 1.19. The zero-order valence-electron chi connectivity index (χ0n) is 6.60. The first kappa shape index (κ1) is 7.92. The Morgan fingerprint density at radius 1 is 1.60 bits per heavy atom. The molecule has 1 unspecified atom stereocenters. The summed E-state index contributed by atoms with van der Waals surface area (Å²) in [6.45, 7) is 6.46. The van der Waals surface area contributed by atoms with Crippen LogP contribution in [-0.2, 0) is 4.79 Å². The van der Waals surface area contributed by atoms with Gasteiger partial charge in [-0.1, -0.05) is 20.8 Å². The molecule has 1 aliphatic heterocycles. The highest BCUT2D eigenvalue weighted by molar-refractivity contribution is 8.01. The average molecular weight is 159 g/mol. The van der Waals surface area contributed by atoms with Crippen LogP contribution < -0.4 is 5.32 Å². The van der Waals surface area contributed by atoms with Crippen LogP contribution in [0.2, 0.25) is 0 Å². The van der Waals surface area contributed by atoms with E-state index in [-0.39, 0.29) is 10.7 Å². The van der Waals surface area contributed by atoms with Crippen molar-refractivity contribution < 1.29 is 4.79 Å². The van der Waals surface area contributed by atoms with E-state index >= 15 is 0 Å². The van der Waals surface area contributed by atoms with Gasteiger partial charge in [0.05, 0.1) is 11.8 Å². The summed E-state index contributed by atoms with van der Waals surface area (Å²) in [6.07, 6.45) is 0.696. The maximum absolute atomic E-state index is 10.5. The molecule has 0 bridgehead atoms. The van der Waals surface area contributed by atoms with Gasteiger partial charge in [-0.15, -0.1) is 11.8 Å². The molecule has 0 aromatic heterocycles. The van der Waals surface area contributed by atoms with Gasteiger partial charge in [-0.05, 0) is 0 Å². The lowest BCUT2D eigenvalue weighted by Gasteiger charge is -2.31. The van der Waals surface area contributed by atoms with Gasteiger partial charge in [0.15, 0.2) is 0 Å². The number of thioether (sulfide) groups is 1. The number of carbonyl (C=O) groups is 1. The lowest BCUT2D eigenvalue weighted by molar-refractivity contribution is -0.126. The van der Waals surface area contributed by atoms with Crippen molar-refractivity contribution in [3.63, 3.8) is 0 Å². The Morgan fingerprint density at radius 3 is 2.40 bits per heavy atom.